The number of anilines is 1. The summed E-state index contributed by atoms with van der Waals surface area (Å²) >= 11 is 0. The van der Waals surface area contributed by atoms with Crippen molar-refractivity contribution in [2.75, 3.05) is 5.32 Å². The van der Waals surface area contributed by atoms with E-state index in [1.165, 1.54) is 12.1 Å². The summed E-state index contributed by atoms with van der Waals surface area (Å²) in [5.74, 6) is 1.24. The van der Waals surface area contributed by atoms with Crippen LogP contribution in [0.1, 0.15) is 23.9 Å². The van der Waals surface area contributed by atoms with Gasteiger partial charge in [0.25, 0.3) is 5.69 Å². The Balaban J connectivity index is 1.82. The SMILES string of the molecule is CCc1nn(C)cc1CNc1cc(C)nc(-c2ccc([N+](=O)[O-])cc2)n1. The van der Waals surface area contributed by atoms with E-state index in [1.54, 1.807) is 12.1 Å². The van der Waals surface area contributed by atoms with Crippen LogP contribution in [-0.2, 0) is 20.0 Å². The van der Waals surface area contributed by atoms with Crippen molar-refractivity contribution in [1.29, 1.82) is 0 Å². The molecular weight excluding hydrogens is 332 g/mol. The fourth-order valence-electron chi connectivity index (χ4n) is 2.74. The Morgan fingerprint density at radius 3 is 2.62 bits per heavy atom. The molecule has 2 heterocycles. The third-order valence-corrected chi connectivity index (χ3v) is 3.98. The number of non-ortho nitro benzene ring substituents is 1. The number of nitro benzene ring substituents is 1. The van der Waals surface area contributed by atoms with Crippen LogP contribution in [0.4, 0.5) is 11.5 Å². The molecule has 0 fully saturated rings. The number of aromatic nitrogens is 4. The van der Waals surface area contributed by atoms with Crippen LogP contribution in [-0.4, -0.2) is 24.7 Å². The van der Waals surface area contributed by atoms with Gasteiger partial charge in [-0.15, -0.1) is 0 Å². The van der Waals surface area contributed by atoms with Crippen molar-refractivity contribution < 1.29 is 4.92 Å². The lowest BCUT2D eigenvalue weighted by molar-refractivity contribution is -0.384. The molecule has 0 radical (unpaired) electrons. The van der Waals surface area contributed by atoms with Crippen LogP contribution in [0, 0.1) is 17.0 Å². The molecule has 0 saturated carbocycles. The molecule has 0 bridgehead atoms. The van der Waals surface area contributed by atoms with Crippen molar-refractivity contribution in [3.63, 3.8) is 0 Å². The quantitative estimate of drug-likeness (QED) is 0.540. The Morgan fingerprint density at radius 1 is 1.23 bits per heavy atom. The molecular formula is C18H20N6O2. The van der Waals surface area contributed by atoms with Crippen LogP contribution in [0.15, 0.2) is 36.5 Å². The van der Waals surface area contributed by atoms with Crippen molar-refractivity contribution in [3.8, 4) is 11.4 Å². The molecule has 3 rings (SSSR count). The monoisotopic (exact) mass is 352 g/mol. The number of benzene rings is 1. The molecule has 0 amide bonds. The summed E-state index contributed by atoms with van der Waals surface area (Å²) in [4.78, 5) is 19.3. The van der Waals surface area contributed by atoms with E-state index >= 15 is 0 Å². The molecule has 3 aromatic rings. The molecule has 0 aliphatic rings. The second-order valence-corrected chi connectivity index (χ2v) is 6.00. The van der Waals surface area contributed by atoms with E-state index in [9.17, 15) is 10.1 Å². The van der Waals surface area contributed by atoms with Gasteiger partial charge in [0.05, 0.1) is 10.6 Å². The zero-order valence-corrected chi connectivity index (χ0v) is 14.9. The molecule has 134 valence electrons. The minimum atomic E-state index is -0.424. The number of hydrogen-bond acceptors (Lipinski definition) is 6. The van der Waals surface area contributed by atoms with E-state index in [0.29, 0.717) is 18.2 Å². The zero-order valence-electron chi connectivity index (χ0n) is 14.9. The standard InChI is InChI=1S/C18H20N6O2/c1-4-16-14(11-23(3)22-16)10-19-17-9-12(2)20-18(21-17)13-5-7-15(8-6-13)24(25)26/h5-9,11H,4,10H2,1-3H3,(H,19,20,21). The second-order valence-electron chi connectivity index (χ2n) is 6.00. The molecule has 0 aliphatic carbocycles. The number of nitrogens with one attached hydrogen (secondary N) is 1. The molecule has 8 heteroatoms. The van der Waals surface area contributed by atoms with E-state index < -0.39 is 4.92 Å². The van der Waals surface area contributed by atoms with E-state index in [2.05, 4.69) is 27.3 Å². The molecule has 0 spiro atoms. The highest BCUT2D eigenvalue weighted by Crippen LogP contribution is 2.21. The Kier molecular flexibility index (Phi) is 4.92. The lowest BCUT2D eigenvalue weighted by Gasteiger charge is -2.08. The molecule has 2 aromatic heterocycles. The highest BCUT2D eigenvalue weighted by molar-refractivity contribution is 5.59. The van der Waals surface area contributed by atoms with Gasteiger partial charge in [-0.05, 0) is 25.5 Å². The maximum absolute atomic E-state index is 10.8. The average Bonchev–Trinajstić information content (AvgIpc) is 2.99. The van der Waals surface area contributed by atoms with E-state index in [0.717, 1.165) is 28.9 Å². The average molecular weight is 352 g/mol. The molecule has 1 aromatic carbocycles. The first-order valence-electron chi connectivity index (χ1n) is 8.32. The second kappa shape index (κ2) is 7.30. The lowest BCUT2D eigenvalue weighted by Crippen LogP contribution is -2.05. The molecule has 26 heavy (non-hydrogen) atoms. The summed E-state index contributed by atoms with van der Waals surface area (Å²) in [7, 11) is 1.91. The number of aryl methyl sites for hydroxylation is 3. The van der Waals surface area contributed by atoms with E-state index in [-0.39, 0.29) is 5.69 Å². The summed E-state index contributed by atoms with van der Waals surface area (Å²) in [5, 5.41) is 18.5. The highest BCUT2D eigenvalue weighted by Gasteiger charge is 2.10. The summed E-state index contributed by atoms with van der Waals surface area (Å²) < 4.78 is 1.81. The van der Waals surface area contributed by atoms with Crippen molar-refractivity contribution in [2.24, 2.45) is 7.05 Å². The van der Waals surface area contributed by atoms with Gasteiger partial charge in [-0.1, -0.05) is 6.92 Å². The number of hydrogen-bond donors (Lipinski definition) is 1. The van der Waals surface area contributed by atoms with Gasteiger partial charge in [-0.3, -0.25) is 14.8 Å². The number of rotatable bonds is 6. The molecule has 0 saturated heterocycles. The Labute approximate surface area is 151 Å². The Hall–Kier alpha value is -3.29. The van der Waals surface area contributed by atoms with Gasteiger partial charge in [-0.25, -0.2) is 9.97 Å². The van der Waals surface area contributed by atoms with Crippen LogP contribution in [0.3, 0.4) is 0 Å². The van der Waals surface area contributed by atoms with Gasteiger partial charge in [0.2, 0.25) is 0 Å². The third kappa shape index (κ3) is 3.85. The predicted octanol–water partition coefficient (Wildman–Crippen LogP) is 3.27. The first-order chi connectivity index (χ1) is 12.5. The minimum absolute atomic E-state index is 0.0448. The topological polar surface area (TPSA) is 98.8 Å². The van der Waals surface area contributed by atoms with Crippen LogP contribution < -0.4 is 5.32 Å². The Morgan fingerprint density at radius 2 is 1.96 bits per heavy atom. The summed E-state index contributed by atoms with van der Waals surface area (Å²) in [6.45, 7) is 4.59. The lowest BCUT2D eigenvalue weighted by atomic mass is 10.2. The van der Waals surface area contributed by atoms with Gasteiger partial charge < -0.3 is 5.32 Å². The normalized spacial score (nSPS) is 10.7. The minimum Gasteiger partial charge on any atom is -0.366 e. The highest BCUT2D eigenvalue weighted by atomic mass is 16.6. The number of nitrogens with zero attached hydrogens (tertiary/aromatic N) is 5. The molecule has 8 nitrogen and oxygen atoms in total. The van der Waals surface area contributed by atoms with Gasteiger partial charge in [0.15, 0.2) is 5.82 Å². The summed E-state index contributed by atoms with van der Waals surface area (Å²) in [6, 6.07) is 8.10. The zero-order chi connectivity index (χ0) is 18.7. The largest absolute Gasteiger partial charge is 0.366 e. The Bertz CT molecular complexity index is 933. The smallest absolute Gasteiger partial charge is 0.269 e. The van der Waals surface area contributed by atoms with E-state index in [4.69, 9.17) is 0 Å². The maximum atomic E-state index is 10.8. The molecule has 0 unspecified atom stereocenters. The van der Waals surface area contributed by atoms with Crippen LogP contribution in [0.25, 0.3) is 11.4 Å². The van der Waals surface area contributed by atoms with Crippen molar-refractivity contribution in [1.82, 2.24) is 19.7 Å². The molecule has 1 N–H and O–H groups in total. The molecule has 0 aliphatic heterocycles. The molecule has 0 atom stereocenters. The van der Waals surface area contributed by atoms with Crippen LogP contribution in [0.2, 0.25) is 0 Å². The van der Waals surface area contributed by atoms with Crippen molar-refractivity contribution >= 4 is 11.5 Å². The summed E-state index contributed by atoms with van der Waals surface area (Å²) in [5.41, 5.74) is 3.78. The summed E-state index contributed by atoms with van der Waals surface area (Å²) in [6.07, 6.45) is 2.87. The fraction of sp³-hybridized carbons (Fsp3) is 0.278. The third-order valence-electron chi connectivity index (χ3n) is 3.98. The van der Waals surface area contributed by atoms with Gasteiger partial charge in [-0.2, -0.15) is 5.10 Å². The maximum Gasteiger partial charge on any atom is 0.269 e. The van der Waals surface area contributed by atoms with Gasteiger partial charge >= 0.3 is 0 Å². The van der Waals surface area contributed by atoms with Gasteiger partial charge in [0.1, 0.15) is 5.82 Å². The van der Waals surface area contributed by atoms with E-state index in [1.807, 2.05) is 30.9 Å². The first kappa shape index (κ1) is 17.5. The number of nitro groups is 1. The van der Waals surface area contributed by atoms with Crippen LogP contribution in [0.5, 0.6) is 0 Å². The predicted molar refractivity (Wildman–Crippen MR) is 98.8 cm³/mol. The fourth-order valence-corrected chi connectivity index (χ4v) is 2.74. The first-order valence-corrected chi connectivity index (χ1v) is 8.32. The van der Waals surface area contributed by atoms with Gasteiger partial charge in [0, 0.05) is 54.8 Å². The van der Waals surface area contributed by atoms with Crippen molar-refractivity contribution in [3.05, 3.63) is 63.6 Å². The van der Waals surface area contributed by atoms with Crippen LogP contribution >= 0.6 is 0 Å². The van der Waals surface area contributed by atoms with Crippen molar-refractivity contribution in [2.45, 2.75) is 26.8 Å².